The lowest BCUT2D eigenvalue weighted by Crippen LogP contribution is -2.61. The highest BCUT2D eigenvalue weighted by atomic mass is 19.2. The summed E-state index contributed by atoms with van der Waals surface area (Å²) in [5, 5.41) is 3.40. The minimum absolute atomic E-state index is 0.0426. The van der Waals surface area contributed by atoms with Crippen LogP contribution in [0.25, 0.3) is 0 Å². The normalized spacial score (nSPS) is 24.7. The lowest BCUT2D eigenvalue weighted by Gasteiger charge is -2.44. The van der Waals surface area contributed by atoms with Crippen LogP contribution in [-0.2, 0) is 4.74 Å². The van der Waals surface area contributed by atoms with Crippen LogP contribution in [0, 0.1) is 11.6 Å². The molecule has 2 rings (SSSR count). The van der Waals surface area contributed by atoms with E-state index in [0.717, 1.165) is 31.9 Å². The average Bonchev–Trinajstić information content (AvgIpc) is 2.46. The molecule has 21 heavy (non-hydrogen) atoms. The second kappa shape index (κ2) is 7.71. The molecule has 1 aromatic carbocycles. The fourth-order valence-corrected chi connectivity index (χ4v) is 2.44. The van der Waals surface area contributed by atoms with Crippen molar-refractivity contribution in [2.24, 2.45) is 0 Å². The molecule has 0 heterocycles. The maximum absolute atomic E-state index is 13.6. The first-order chi connectivity index (χ1) is 10.2. The molecule has 1 aromatic rings. The Morgan fingerprint density at radius 3 is 2.76 bits per heavy atom. The summed E-state index contributed by atoms with van der Waals surface area (Å²) in [5.74, 6) is -1.87. The molecule has 5 heteroatoms. The zero-order chi connectivity index (χ0) is 15.2. The van der Waals surface area contributed by atoms with Gasteiger partial charge in [-0.2, -0.15) is 4.39 Å². The third-order valence-corrected chi connectivity index (χ3v) is 3.61. The Labute approximate surface area is 124 Å². The number of ether oxygens (including phenoxy) is 2. The molecule has 1 N–H and O–H groups in total. The van der Waals surface area contributed by atoms with E-state index in [4.69, 9.17) is 9.47 Å². The standard InChI is InChI=1S/C16H23F2NO2/c1-3-8-19-12-10-14(16(12)20-9-4-2)21-13-7-5-6-11(17)15(13)18/h5-7,12,14,16,19H,3-4,8-10H2,1-2H3. The fraction of sp³-hybridized carbons (Fsp3) is 0.625. The Kier molecular flexibility index (Phi) is 5.94. The van der Waals surface area contributed by atoms with Crippen molar-refractivity contribution in [1.29, 1.82) is 0 Å². The zero-order valence-corrected chi connectivity index (χ0v) is 12.6. The highest BCUT2D eigenvalue weighted by Gasteiger charge is 2.43. The van der Waals surface area contributed by atoms with Gasteiger partial charge in [-0.1, -0.05) is 19.9 Å². The van der Waals surface area contributed by atoms with Crippen LogP contribution < -0.4 is 10.1 Å². The molecule has 3 nitrogen and oxygen atoms in total. The summed E-state index contributed by atoms with van der Waals surface area (Å²) in [4.78, 5) is 0. The molecule has 0 radical (unpaired) electrons. The van der Waals surface area contributed by atoms with Gasteiger partial charge in [0, 0.05) is 19.1 Å². The molecule has 0 saturated heterocycles. The van der Waals surface area contributed by atoms with E-state index in [-0.39, 0.29) is 24.0 Å². The molecule has 3 atom stereocenters. The smallest absolute Gasteiger partial charge is 0.200 e. The molecule has 0 spiro atoms. The first-order valence-electron chi connectivity index (χ1n) is 7.63. The molecule has 1 saturated carbocycles. The predicted octanol–water partition coefficient (Wildman–Crippen LogP) is 3.28. The van der Waals surface area contributed by atoms with E-state index >= 15 is 0 Å². The van der Waals surface area contributed by atoms with Crippen molar-refractivity contribution in [2.75, 3.05) is 13.2 Å². The Bertz CT molecular complexity index is 456. The van der Waals surface area contributed by atoms with Crippen LogP contribution in [0.5, 0.6) is 5.75 Å². The Balaban J connectivity index is 1.97. The van der Waals surface area contributed by atoms with Crippen molar-refractivity contribution in [3.8, 4) is 5.75 Å². The van der Waals surface area contributed by atoms with Crippen LogP contribution >= 0.6 is 0 Å². The Morgan fingerprint density at radius 1 is 1.24 bits per heavy atom. The lowest BCUT2D eigenvalue weighted by molar-refractivity contribution is -0.108. The van der Waals surface area contributed by atoms with E-state index < -0.39 is 11.6 Å². The Morgan fingerprint density at radius 2 is 2.05 bits per heavy atom. The SMILES string of the molecule is CCCNC1CC(Oc2cccc(F)c2F)C1OCCC. The van der Waals surface area contributed by atoms with Crippen molar-refractivity contribution >= 4 is 0 Å². The van der Waals surface area contributed by atoms with E-state index in [9.17, 15) is 8.78 Å². The van der Waals surface area contributed by atoms with Gasteiger partial charge in [0.25, 0.3) is 0 Å². The summed E-state index contributed by atoms with van der Waals surface area (Å²) in [7, 11) is 0. The highest BCUT2D eigenvalue weighted by molar-refractivity contribution is 5.26. The van der Waals surface area contributed by atoms with E-state index in [1.165, 1.54) is 12.1 Å². The third-order valence-electron chi connectivity index (χ3n) is 3.61. The summed E-state index contributed by atoms with van der Waals surface area (Å²) in [5.41, 5.74) is 0. The number of benzene rings is 1. The van der Waals surface area contributed by atoms with Crippen LogP contribution in [0.3, 0.4) is 0 Å². The zero-order valence-electron chi connectivity index (χ0n) is 12.6. The maximum atomic E-state index is 13.6. The second-order valence-corrected chi connectivity index (χ2v) is 5.34. The van der Waals surface area contributed by atoms with Gasteiger partial charge in [-0.05, 0) is 31.5 Å². The second-order valence-electron chi connectivity index (χ2n) is 5.34. The molecule has 0 aromatic heterocycles. The van der Waals surface area contributed by atoms with Crippen molar-refractivity contribution < 1.29 is 18.3 Å². The summed E-state index contributed by atoms with van der Waals surface area (Å²) in [6.45, 7) is 5.69. The predicted molar refractivity (Wildman–Crippen MR) is 77.5 cm³/mol. The molecule has 0 amide bonds. The molecular weight excluding hydrogens is 276 g/mol. The minimum Gasteiger partial charge on any atom is -0.484 e. The van der Waals surface area contributed by atoms with E-state index in [2.05, 4.69) is 12.2 Å². The van der Waals surface area contributed by atoms with Gasteiger partial charge in [0.15, 0.2) is 11.6 Å². The molecule has 1 aliphatic rings. The topological polar surface area (TPSA) is 30.5 Å². The van der Waals surface area contributed by atoms with Gasteiger partial charge in [0.1, 0.15) is 12.2 Å². The summed E-state index contributed by atoms with van der Waals surface area (Å²) in [6, 6.07) is 4.20. The highest BCUT2D eigenvalue weighted by Crippen LogP contribution is 2.31. The third kappa shape index (κ3) is 3.92. The molecular formula is C16H23F2NO2. The van der Waals surface area contributed by atoms with Crippen molar-refractivity contribution in [1.82, 2.24) is 5.32 Å². The van der Waals surface area contributed by atoms with Crippen LogP contribution in [-0.4, -0.2) is 31.4 Å². The number of rotatable bonds is 8. The minimum atomic E-state index is -0.934. The molecule has 0 bridgehead atoms. The van der Waals surface area contributed by atoms with Crippen LogP contribution in [0.2, 0.25) is 0 Å². The lowest BCUT2D eigenvalue weighted by atomic mass is 9.85. The van der Waals surface area contributed by atoms with Crippen LogP contribution in [0.4, 0.5) is 8.78 Å². The van der Waals surface area contributed by atoms with Crippen LogP contribution in [0.1, 0.15) is 33.1 Å². The number of halogens is 2. The van der Waals surface area contributed by atoms with Crippen molar-refractivity contribution in [2.45, 2.75) is 51.4 Å². The molecule has 1 aliphatic carbocycles. The average molecular weight is 299 g/mol. The molecule has 3 unspecified atom stereocenters. The van der Waals surface area contributed by atoms with Crippen LogP contribution in [0.15, 0.2) is 18.2 Å². The van der Waals surface area contributed by atoms with Gasteiger partial charge in [-0.15, -0.1) is 0 Å². The quantitative estimate of drug-likeness (QED) is 0.799. The number of hydrogen-bond donors (Lipinski definition) is 1. The first-order valence-corrected chi connectivity index (χ1v) is 7.63. The summed E-state index contributed by atoms with van der Waals surface area (Å²) >= 11 is 0. The van der Waals surface area contributed by atoms with E-state index in [1.54, 1.807) is 0 Å². The molecule has 0 aliphatic heterocycles. The van der Waals surface area contributed by atoms with Gasteiger partial charge in [-0.25, -0.2) is 4.39 Å². The number of hydrogen-bond acceptors (Lipinski definition) is 3. The molecule has 1 fully saturated rings. The monoisotopic (exact) mass is 299 g/mol. The fourth-order valence-electron chi connectivity index (χ4n) is 2.44. The summed E-state index contributed by atoms with van der Waals surface area (Å²) < 4.78 is 38.2. The molecule has 118 valence electrons. The van der Waals surface area contributed by atoms with E-state index in [0.29, 0.717) is 6.61 Å². The van der Waals surface area contributed by atoms with Crippen molar-refractivity contribution in [3.63, 3.8) is 0 Å². The van der Waals surface area contributed by atoms with Gasteiger partial charge < -0.3 is 14.8 Å². The number of nitrogens with one attached hydrogen (secondary N) is 1. The van der Waals surface area contributed by atoms with Gasteiger partial charge in [0.05, 0.1) is 0 Å². The van der Waals surface area contributed by atoms with Gasteiger partial charge in [-0.3, -0.25) is 0 Å². The maximum Gasteiger partial charge on any atom is 0.200 e. The van der Waals surface area contributed by atoms with Crippen molar-refractivity contribution in [3.05, 3.63) is 29.8 Å². The van der Waals surface area contributed by atoms with E-state index in [1.807, 2.05) is 6.92 Å². The van der Waals surface area contributed by atoms with Gasteiger partial charge in [0.2, 0.25) is 5.82 Å². The largest absolute Gasteiger partial charge is 0.484 e. The first kappa shape index (κ1) is 16.2. The Hall–Kier alpha value is -1.20. The van der Waals surface area contributed by atoms with Gasteiger partial charge >= 0.3 is 0 Å². The summed E-state index contributed by atoms with van der Waals surface area (Å²) in [6.07, 6.45) is 2.35.